The normalized spacial score (nSPS) is 12.3. The number of hydrogen-bond donors (Lipinski definition) is 1. The standard InChI is InChI=1S/C18H15BrO2/c1-21-13-6-4-5-12(11-13)18(20)16-9-10-17(19)15-8-3-2-7-14(15)16/h2-11,18,20H,1H3. The van der Waals surface area contributed by atoms with Crippen molar-refractivity contribution in [3.8, 4) is 5.75 Å². The van der Waals surface area contributed by atoms with Gasteiger partial charge in [0.15, 0.2) is 0 Å². The van der Waals surface area contributed by atoms with Gasteiger partial charge in [-0.2, -0.15) is 0 Å². The quantitative estimate of drug-likeness (QED) is 0.747. The Morgan fingerprint density at radius 1 is 0.952 bits per heavy atom. The molecule has 106 valence electrons. The molecule has 1 unspecified atom stereocenters. The number of benzene rings is 3. The zero-order valence-electron chi connectivity index (χ0n) is 11.6. The third-order valence-electron chi connectivity index (χ3n) is 3.61. The molecule has 0 aliphatic rings. The van der Waals surface area contributed by atoms with Crippen LogP contribution < -0.4 is 4.74 Å². The van der Waals surface area contributed by atoms with Gasteiger partial charge in [0, 0.05) is 4.47 Å². The van der Waals surface area contributed by atoms with E-state index in [-0.39, 0.29) is 0 Å². The lowest BCUT2D eigenvalue weighted by molar-refractivity contribution is 0.221. The highest BCUT2D eigenvalue weighted by Gasteiger charge is 2.15. The van der Waals surface area contributed by atoms with Crippen LogP contribution in [0.5, 0.6) is 5.75 Å². The predicted molar refractivity (Wildman–Crippen MR) is 88.7 cm³/mol. The van der Waals surface area contributed by atoms with E-state index in [2.05, 4.69) is 15.9 Å². The summed E-state index contributed by atoms with van der Waals surface area (Å²) in [5.74, 6) is 0.743. The lowest BCUT2D eigenvalue weighted by Gasteiger charge is -2.15. The molecule has 0 saturated carbocycles. The summed E-state index contributed by atoms with van der Waals surface area (Å²) in [7, 11) is 1.63. The molecule has 0 saturated heterocycles. The van der Waals surface area contributed by atoms with Crippen LogP contribution in [0.25, 0.3) is 10.8 Å². The second kappa shape index (κ2) is 5.88. The maximum Gasteiger partial charge on any atom is 0.119 e. The highest BCUT2D eigenvalue weighted by atomic mass is 79.9. The minimum atomic E-state index is -0.682. The summed E-state index contributed by atoms with van der Waals surface area (Å²) >= 11 is 3.56. The van der Waals surface area contributed by atoms with Crippen molar-refractivity contribution >= 4 is 26.7 Å². The van der Waals surface area contributed by atoms with E-state index < -0.39 is 6.10 Å². The van der Waals surface area contributed by atoms with Crippen molar-refractivity contribution in [1.82, 2.24) is 0 Å². The number of hydrogen-bond acceptors (Lipinski definition) is 2. The van der Waals surface area contributed by atoms with Crippen molar-refractivity contribution in [3.05, 3.63) is 76.3 Å². The van der Waals surface area contributed by atoms with E-state index in [1.54, 1.807) is 7.11 Å². The van der Waals surface area contributed by atoms with Gasteiger partial charge >= 0.3 is 0 Å². The topological polar surface area (TPSA) is 29.5 Å². The number of aliphatic hydroxyl groups is 1. The summed E-state index contributed by atoms with van der Waals surface area (Å²) < 4.78 is 6.26. The number of fused-ring (bicyclic) bond motifs is 1. The van der Waals surface area contributed by atoms with Gasteiger partial charge in [0.25, 0.3) is 0 Å². The van der Waals surface area contributed by atoms with Crippen LogP contribution in [-0.2, 0) is 0 Å². The molecule has 3 aromatic rings. The molecular weight excluding hydrogens is 328 g/mol. The van der Waals surface area contributed by atoms with Crippen LogP contribution in [0.2, 0.25) is 0 Å². The molecular formula is C18H15BrO2. The Hall–Kier alpha value is -1.84. The first-order chi connectivity index (χ1) is 10.2. The van der Waals surface area contributed by atoms with Crippen molar-refractivity contribution < 1.29 is 9.84 Å². The van der Waals surface area contributed by atoms with E-state index in [9.17, 15) is 5.11 Å². The second-order valence-electron chi connectivity index (χ2n) is 4.86. The van der Waals surface area contributed by atoms with E-state index in [0.29, 0.717) is 0 Å². The molecule has 1 atom stereocenters. The van der Waals surface area contributed by atoms with Gasteiger partial charge in [0.05, 0.1) is 7.11 Å². The van der Waals surface area contributed by atoms with Crippen LogP contribution in [0.3, 0.4) is 0 Å². The Morgan fingerprint density at radius 2 is 1.71 bits per heavy atom. The summed E-state index contributed by atoms with van der Waals surface area (Å²) in [6.07, 6.45) is -0.682. The molecule has 0 heterocycles. The van der Waals surface area contributed by atoms with Gasteiger partial charge in [-0.15, -0.1) is 0 Å². The maximum atomic E-state index is 10.7. The molecule has 0 aromatic heterocycles. The lowest BCUT2D eigenvalue weighted by Crippen LogP contribution is -2.01. The number of aliphatic hydroxyl groups excluding tert-OH is 1. The lowest BCUT2D eigenvalue weighted by atomic mass is 9.96. The van der Waals surface area contributed by atoms with E-state index in [1.165, 1.54) is 0 Å². The molecule has 0 bridgehead atoms. The molecule has 1 N–H and O–H groups in total. The van der Waals surface area contributed by atoms with Gasteiger partial charge in [-0.25, -0.2) is 0 Å². The van der Waals surface area contributed by atoms with Crippen molar-refractivity contribution in [2.75, 3.05) is 7.11 Å². The highest BCUT2D eigenvalue weighted by Crippen LogP contribution is 2.33. The Balaban J connectivity index is 2.13. The van der Waals surface area contributed by atoms with Crippen molar-refractivity contribution in [3.63, 3.8) is 0 Å². The van der Waals surface area contributed by atoms with Gasteiger partial charge < -0.3 is 9.84 Å². The molecule has 0 aliphatic carbocycles. The van der Waals surface area contributed by atoms with E-state index in [0.717, 1.165) is 32.1 Å². The first kappa shape index (κ1) is 14.1. The molecule has 0 radical (unpaired) electrons. The SMILES string of the molecule is COc1cccc(C(O)c2ccc(Br)c3ccccc23)c1. The minimum absolute atomic E-state index is 0.682. The molecule has 0 fully saturated rings. The van der Waals surface area contributed by atoms with E-state index in [4.69, 9.17) is 4.74 Å². The summed E-state index contributed by atoms with van der Waals surface area (Å²) in [4.78, 5) is 0. The molecule has 0 amide bonds. The van der Waals surface area contributed by atoms with E-state index in [1.807, 2.05) is 60.7 Å². The summed E-state index contributed by atoms with van der Waals surface area (Å²) in [6.45, 7) is 0. The molecule has 0 spiro atoms. The molecule has 0 aliphatic heterocycles. The summed E-state index contributed by atoms with van der Waals surface area (Å²) in [5.41, 5.74) is 1.71. The molecule has 2 nitrogen and oxygen atoms in total. The zero-order valence-corrected chi connectivity index (χ0v) is 13.2. The summed E-state index contributed by atoms with van der Waals surface area (Å²) in [5, 5.41) is 12.9. The van der Waals surface area contributed by atoms with Crippen molar-refractivity contribution in [2.45, 2.75) is 6.10 Å². The fraction of sp³-hybridized carbons (Fsp3) is 0.111. The first-order valence-corrected chi connectivity index (χ1v) is 7.49. The largest absolute Gasteiger partial charge is 0.497 e. The number of methoxy groups -OCH3 is 1. The maximum absolute atomic E-state index is 10.7. The summed E-state index contributed by atoms with van der Waals surface area (Å²) in [6, 6.07) is 19.5. The molecule has 3 heteroatoms. The zero-order chi connectivity index (χ0) is 14.8. The molecule has 21 heavy (non-hydrogen) atoms. The van der Waals surface area contributed by atoms with Crippen LogP contribution in [0.1, 0.15) is 17.2 Å². The Kier molecular flexibility index (Phi) is 3.95. The van der Waals surface area contributed by atoms with Crippen LogP contribution in [0, 0.1) is 0 Å². The van der Waals surface area contributed by atoms with Crippen LogP contribution in [-0.4, -0.2) is 12.2 Å². The van der Waals surface area contributed by atoms with Gasteiger partial charge in [0.1, 0.15) is 11.9 Å². The van der Waals surface area contributed by atoms with Crippen LogP contribution in [0.15, 0.2) is 65.1 Å². The second-order valence-corrected chi connectivity index (χ2v) is 5.72. The number of halogens is 1. The number of ether oxygens (including phenoxy) is 1. The fourth-order valence-corrected chi connectivity index (χ4v) is 2.99. The predicted octanol–water partition coefficient (Wildman–Crippen LogP) is 4.69. The van der Waals surface area contributed by atoms with Gasteiger partial charge in [-0.3, -0.25) is 0 Å². The van der Waals surface area contributed by atoms with Crippen molar-refractivity contribution in [2.24, 2.45) is 0 Å². The Labute approximate surface area is 132 Å². The molecule has 3 rings (SSSR count). The van der Waals surface area contributed by atoms with Crippen molar-refractivity contribution in [1.29, 1.82) is 0 Å². The Bertz CT molecular complexity index is 783. The average molecular weight is 343 g/mol. The van der Waals surface area contributed by atoms with Gasteiger partial charge in [-0.1, -0.05) is 58.4 Å². The van der Waals surface area contributed by atoms with Crippen LogP contribution >= 0.6 is 15.9 Å². The first-order valence-electron chi connectivity index (χ1n) is 6.70. The molecule has 3 aromatic carbocycles. The fourth-order valence-electron chi connectivity index (χ4n) is 2.52. The number of rotatable bonds is 3. The third kappa shape index (κ3) is 2.67. The highest BCUT2D eigenvalue weighted by molar-refractivity contribution is 9.10. The van der Waals surface area contributed by atoms with E-state index >= 15 is 0 Å². The third-order valence-corrected chi connectivity index (χ3v) is 4.30. The minimum Gasteiger partial charge on any atom is -0.497 e. The van der Waals surface area contributed by atoms with Crippen LogP contribution in [0.4, 0.5) is 0 Å². The Morgan fingerprint density at radius 3 is 2.48 bits per heavy atom. The van der Waals surface area contributed by atoms with Gasteiger partial charge in [-0.05, 0) is 40.1 Å². The smallest absolute Gasteiger partial charge is 0.119 e. The average Bonchev–Trinajstić information content (AvgIpc) is 2.55. The van der Waals surface area contributed by atoms with Gasteiger partial charge in [0.2, 0.25) is 0 Å². The monoisotopic (exact) mass is 342 g/mol.